The van der Waals surface area contributed by atoms with Crippen molar-refractivity contribution in [1.29, 1.82) is 0 Å². The lowest BCUT2D eigenvalue weighted by Gasteiger charge is -2.23. The van der Waals surface area contributed by atoms with Crippen LogP contribution in [0.2, 0.25) is 10.2 Å². The standard InChI is InChI=1S/C24H20Cl2FN3O3/c1-2-20-24(32)30(12-14-5-6-16(27)11-19(14)25)13-15-10-17(7-8-21(15)33-20)29-23(31)18-4-3-9-28-22(18)26/h3-11,20H,2,12-13H2,1H3,(H,29,31)/t20-/m1/s1. The van der Waals surface area contributed by atoms with Crippen LogP contribution in [0.15, 0.2) is 54.7 Å². The summed E-state index contributed by atoms with van der Waals surface area (Å²) in [7, 11) is 0. The van der Waals surface area contributed by atoms with E-state index >= 15 is 0 Å². The quantitative estimate of drug-likeness (QED) is 0.483. The average molecular weight is 488 g/mol. The summed E-state index contributed by atoms with van der Waals surface area (Å²) in [6.45, 7) is 2.29. The van der Waals surface area contributed by atoms with Crippen molar-refractivity contribution in [3.8, 4) is 5.75 Å². The third-order valence-electron chi connectivity index (χ3n) is 5.29. The minimum Gasteiger partial charge on any atom is -0.480 e. The van der Waals surface area contributed by atoms with Crippen molar-refractivity contribution < 1.29 is 18.7 Å². The van der Waals surface area contributed by atoms with Crippen LogP contribution in [-0.2, 0) is 17.9 Å². The Balaban J connectivity index is 1.61. The molecular formula is C24H20Cl2FN3O3. The monoisotopic (exact) mass is 487 g/mol. The number of hydrogen-bond acceptors (Lipinski definition) is 4. The molecule has 1 aliphatic heterocycles. The summed E-state index contributed by atoms with van der Waals surface area (Å²) in [4.78, 5) is 31.3. The number of nitrogens with one attached hydrogen (secondary N) is 1. The number of rotatable bonds is 5. The number of benzene rings is 2. The molecule has 6 nitrogen and oxygen atoms in total. The highest BCUT2D eigenvalue weighted by Gasteiger charge is 2.30. The van der Waals surface area contributed by atoms with E-state index in [0.717, 1.165) is 0 Å². The molecule has 0 saturated heterocycles. The predicted molar refractivity (Wildman–Crippen MR) is 124 cm³/mol. The second-order valence-electron chi connectivity index (χ2n) is 7.56. The van der Waals surface area contributed by atoms with E-state index in [4.69, 9.17) is 27.9 Å². The molecule has 2 amide bonds. The van der Waals surface area contributed by atoms with Gasteiger partial charge in [-0.15, -0.1) is 0 Å². The van der Waals surface area contributed by atoms with Gasteiger partial charge in [0.1, 0.15) is 16.7 Å². The first kappa shape index (κ1) is 23.0. The average Bonchev–Trinajstić information content (AvgIpc) is 2.92. The zero-order valence-corrected chi connectivity index (χ0v) is 19.2. The number of nitrogens with zero attached hydrogens (tertiary/aromatic N) is 2. The fourth-order valence-corrected chi connectivity index (χ4v) is 4.02. The molecule has 0 bridgehead atoms. The van der Waals surface area contributed by atoms with Crippen molar-refractivity contribution in [2.75, 3.05) is 5.32 Å². The molecular weight excluding hydrogens is 468 g/mol. The summed E-state index contributed by atoms with van der Waals surface area (Å²) in [6.07, 6.45) is 1.31. The SMILES string of the molecule is CC[C@H]1Oc2ccc(NC(=O)c3cccnc3Cl)cc2CN(Cc2ccc(F)cc2Cl)C1=O. The van der Waals surface area contributed by atoms with Crippen LogP contribution in [0, 0.1) is 5.82 Å². The summed E-state index contributed by atoms with van der Waals surface area (Å²) in [6, 6.07) is 12.5. The maximum atomic E-state index is 13.4. The molecule has 2 aromatic carbocycles. The van der Waals surface area contributed by atoms with E-state index < -0.39 is 17.8 Å². The first-order valence-electron chi connectivity index (χ1n) is 10.3. The number of carbonyl (C=O) groups is 2. The number of ether oxygens (including phenoxy) is 1. The van der Waals surface area contributed by atoms with Crippen LogP contribution >= 0.6 is 23.2 Å². The van der Waals surface area contributed by atoms with Gasteiger partial charge in [-0.3, -0.25) is 9.59 Å². The number of hydrogen-bond donors (Lipinski definition) is 1. The first-order valence-corrected chi connectivity index (χ1v) is 11.1. The van der Waals surface area contributed by atoms with Crippen LogP contribution in [-0.4, -0.2) is 27.8 Å². The fraction of sp³-hybridized carbons (Fsp3) is 0.208. The number of pyridine rings is 1. The zero-order valence-electron chi connectivity index (χ0n) is 17.6. The van der Waals surface area contributed by atoms with Gasteiger partial charge in [0.25, 0.3) is 11.8 Å². The van der Waals surface area contributed by atoms with Gasteiger partial charge < -0.3 is 15.0 Å². The molecule has 3 aromatic rings. The number of amides is 2. The van der Waals surface area contributed by atoms with Crippen LogP contribution in [0.1, 0.15) is 34.8 Å². The van der Waals surface area contributed by atoms with Gasteiger partial charge in [0.05, 0.1) is 5.56 Å². The molecule has 2 heterocycles. The van der Waals surface area contributed by atoms with Crippen LogP contribution in [0.3, 0.4) is 0 Å². The number of aromatic nitrogens is 1. The zero-order chi connectivity index (χ0) is 23.5. The van der Waals surface area contributed by atoms with Gasteiger partial charge in [-0.2, -0.15) is 0 Å². The Morgan fingerprint density at radius 1 is 1.24 bits per heavy atom. The number of carbonyl (C=O) groups excluding carboxylic acids is 2. The minimum atomic E-state index is -0.667. The van der Waals surface area contributed by atoms with Crippen LogP contribution in [0.4, 0.5) is 10.1 Å². The summed E-state index contributed by atoms with van der Waals surface area (Å²) < 4.78 is 19.4. The molecule has 0 spiro atoms. The van der Waals surface area contributed by atoms with Gasteiger partial charge >= 0.3 is 0 Å². The highest BCUT2D eigenvalue weighted by atomic mass is 35.5. The number of fused-ring (bicyclic) bond motifs is 1. The summed E-state index contributed by atoms with van der Waals surface area (Å²) >= 11 is 12.2. The smallest absolute Gasteiger partial charge is 0.264 e. The largest absolute Gasteiger partial charge is 0.480 e. The van der Waals surface area contributed by atoms with Gasteiger partial charge in [-0.1, -0.05) is 36.2 Å². The van der Waals surface area contributed by atoms with E-state index in [1.807, 2.05) is 6.92 Å². The first-order chi connectivity index (χ1) is 15.9. The van der Waals surface area contributed by atoms with Crippen molar-refractivity contribution in [3.63, 3.8) is 0 Å². The molecule has 4 rings (SSSR count). The molecule has 0 aliphatic carbocycles. The van der Waals surface area contributed by atoms with Crippen LogP contribution in [0.5, 0.6) is 5.75 Å². The Hall–Kier alpha value is -3.16. The third kappa shape index (κ3) is 5.10. The molecule has 0 saturated carbocycles. The maximum absolute atomic E-state index is 13.4. The van der Waals surface area contributed by atoms with Crippen molar-refractivity contribution in [2.45, 2.75) is 32.5 Å². The molecule has 0 radical (unpaired) electrons. The Kier molecular flexibility index (Phi) is 6.81. The van der Waals surface area contributed by atoms with Crippen molar-refractivity contribution in [2.24, 2.45) is 0 Å². The van der Waals surface area contributed by atoms with Gasteiger partial charge in [-0.25, -0.2) is 9.37 Å². The van der Waals surface area contributed by atoms with Crippen LogP contribution in [0.25, 0.3) is 0 Å². The summed E-state index contributed by atoms with van der Waals surface area (Å²) in [5.41, 5.74) is 2.11. The molecule has 1 aliphatic rings. The molecule has 1 aromatic heterocycles. The summed E-state index contributed by atoms with van der Waals surface area (Å²) in [5, 5.41) is 3.15. The third-order valence-corrected chi connectivity index (χ3v) is 5.94. The summed E-state index contributed by atoms with van der Waals surface area (Å²) in [5.74, 6) is -0.484. The molecule has 1 atom stereocenters. The maximum Gasteiger partial charge on any atom is 0.264 e. The predicted octanol–water partition coefficient (Wildman–Crippen LogP) is 5.48. The number of anilines is 1. The Morgan fingerprint density at radius 3 is 2.79 bits per heavy atom. The lowest BCUT2D eigenvalue weighted by molar-refractivity contribution is -0.139. The van der Waals surface area contributed by atoms with Crippen LogP contribution < -0.4 is 10.1 Å². The van der Waals surface area contributed by atoms with Gasteiger partial charge in [0, 0.05) is 35.6 Å². The van der Waals surface area contributed by atoms with E-state index in [1.54, 1.807) is 41.3 Å². The highest BCUT2D eigenvalue weighted by Crippen LogP contribution is 2.31. The Morgan fingerprint density at radius 2 is 2.06 bits per heavy atom. The van der Waals surface area contributed by atoms with E-state index in [-0.39, 0.29) is 34.7 Å². The van der Waals surface area contributed by atoms with E-state index in [9.17, 15) is 14.0 Å². The second-order valence-corrected chi connectivity index (χ2v) is 8.33. The van der Waals surface area contributed by atoms with Crippen molar-refractivity contribution >= 4 is 40.7 Å². The molecule has 33 heavy (non-hydrogen) atoms. The Labute approximate surface area is 200 Å². The topological polar surface area (TPSA) is 71.5 Å². The minimum absolute atomic E-state index is 0.104. The van der Waals surface area contributed by atoms with E-state index in [2.05, 4.69) is 10.3 Å². The van der Waals surface area contributed by atoms with Gasteiger partial charge in [0.2, 0.25) is 0 Å². The lowest BCUT2D eigenvalue weighted by Crippen LogP contribution is -2.38. The molecule has 9 heteroatoms. The van der Waals surface area contributed by atoms with E-state index in [1.165, 1.54) is 18.3 Å². The molecule has 0 unspecified atom stereocenters. The lowest BCUT2D eigenvalue weighted by atomic mass is 10.1. The fourth-order valence-electron chi connectivity index (χ4n) is 3.59. The van der Waals surface area contributed by atoms with Crippen molar-refractivity contribution in [3.05, 3.63) is 87.4 Å². The highest BCUT2D eigenvalue weighted by molar-refractivity contribution is 6.33. The molecule has 0 fully saturated rings. The normalized spacial score (nSPS) is 15.5. The van der Waals surface area contributed by atoms with Gasteiger partial charge in [0.15, 0.2) is 6.10 Å². The van der Waals surface area contributed by atoms with Crippen molar-refractivity contribution in [1.82, 2.24) is 9.88 Å². The van der Waals surface area contributed by atoms with E-state index in [0.29, 0.717) is 29.0 Å². The molecule has 1 N–H and O–H groups in total. The Bertz CT molecular complexity index is 1220. The number of halogens is 3. The van der Waals surface area contributed by atoms with Gasteiger partial charge in [-0.05, 0) is 54.4 Å². The molecule has 170 valence electrons. The second kappa shape index (κ2) is 9.77.